The smallest absolute Gasteiger partial charge is 0.251 e. The first kappa shape index (κ1) is 17.0. The number of imidazole rings is 1. The molecule has 1 heterocycles. The number of benzene rings is 2. The van der Waals surface area contributed by atoms with Crippen molar-refractivity contribution in [2.75, 3.05) is 19.0 Å². The average Bonchev–Trinajstić information content (AvgIpc) is 3.03. The molecule has 3 aromatic rings. The van der Waals surface area contributed by atoms with Crippen molar-refractivity contribution in [3.8, 4) is 0 Å². The van der Waals surface area contributed by atoms with E-state index < -0.39 is 0 Å². The third-order valence-electron chi connectivity index (χ3n) is 4.27. The van der Waals surface area contributed by atoms with E-state index in [0.29, 0.717) is 18.2 Å². The van der Waals surface area contributed by atoms with Gasteiger partial charge in [-0.15, -0.1) is 0 Å². The van der Waals surface area contributed by atoms with Crippen molar-refractivity contribution in [3.63, 3.8) is 0 Å². The molecule has 0 saturated heterocycles. The molecule has 0 aliphatic carbocycles. The zero-order valence-electron chi connectivity index (χ0n) is 15.2. The SMILES string of the molecule is CC(C)n1cnc2cc(CNC(=O)c3cccc(N(C)C)c3)ccc21. The van der Waals surface area contributed by atoms with Gasteiger partial charge in [0, 0.05) is 37.9 Å². The Morgan fingerprint density at radius 1 is 1.20 bits per heavy atom. The molecular formula is C20H24N4O. The van der Waals surface area contributed by atoms with Gasteiger partial charge >= 0.3 is 0 Å². The molecule has 0 spiro atoms. The molecule has 0 aliphatic rings. The van der Waals surface area contributed by atoms with Crippen LogP contribution in [-0.2, 0) is 6.54 Å². The molecule has 2 aromatic carbocycles. The molecule has 0 saturated carbocycles. The van der Waals surface area contributed by atoms with Gasteiger partial charge in [-0.3, -0.25) is 4.79 Å². The van der Waals surface area contributed by atoms with Crippen LogP contribution in [0.15, 0.2) is 48.8 Å². The summed E-state index contributed by atoms with van der Waals surface area (Å²) in [6.45, 7) is 4.75. The van der Waals surface area contributed by atoms with Crippen LogP contribution in [0.2, 0.25) is 0 Å². The van der Waals surface area contributed by atoms with Crippen molar-refractivity contribution in [1.29, 1.82) is 0 Å². The molecule has 0 bridgehead atoms. The highest BCUT2D eigenvalue weighted by atomic mass is 16.1. The van der Waals surface area contributed by atoms with Crippen LogP contribution >= 0.6 is 0 Å². The Balaban J connectivity index is 1.72. The lowest BCUT2D eigenvalue weighted by molar-refractivity contribution is 0.0951. The van der Waals surface area contributed by atoms with Crippen LogP contribution in [0, 0.1) is 0 Å². The number of carbonyl (C=O) groups is 1. The summed E-state index contributed by atoms with van der Waals surface area (Å²) < 4.78 is 2.14. The third-order valence-corrected chi connectivity index (χ3v) is 4.27. The van der Waals surface area contributed by atoms with Gasteiger partial charge in [-0.2, -0.15) is 0 Å². The van der Waals surface area contributed by atoms with Gasteiger partial charge in [-0.25, -0.2) is 4.98 Å². The van der Waals surface area contributed by atoms with Gasteiger partial charge in [0.15, 0.2) is 0 Å². The monoisotopic (exact) mass is 336 g/mol. The van der Waals surface area contributed by atoms with Crippen LogP contribution in [-0.4, -0.2) is 29.6 Å². The molecule has 0 aliphatic heterocycles. The first-order valence-corrected chi connectivity index (χ1v) is 8.47. The van der Waals surface area contributed by atoms with Crippen molar-refractivity contribution in [2.24, 2.45) is 0 Å². The maximum Gasteiger partial charge on any atom is 0.251 e. The van der Waals surface area contributed by atoms with Crippen molar-refractivity contribution in [3.05, 3.63) is 59.9 Å². The molecule has 1 aromatic heterocycles. The summed E-state index contributed by atoms with van der Waals surface area (Å²) in [6.07, 6.45) is 1.87. The number of hydrogen-bond donors (Lipinski definition) is 1. The number of rotatable bonds is 5. The highest BCUT2D eigenvalue weighted by molar-refractivity contribution is 5.95. The standard InChI is InChI=1S/C20H24N4O/c1-14(2)24-13-22-18-10-15(8-9-19(18)24)12-21-20(25)16-6-5-7-17(11-16)23(3)4/h5-11,13-14H,12H2,1-4H3,(H,21,25). The fourth-order valence-corrected chi connectivity index (χ4v) is 2.81. The largest absolute Gasteiger partial charge is 0.378 e. The normalized spacial score (nSPS) is 11.1. The van der Waals surface area contributed by atoms with Gasteiger partial charge in [0.1, 0.15) is 0 Å². The van der Waals surface area contributed by atoms with E-state index >= 15 is 0 Å². The quantitative estimate of drug-likeness (QED) is 0.774. The molecule has 25 heavy (non-hydrogen) atoms. The Morgan fingerprint density at radius 3 is 2.72 bits per heavy atom. The number of amides is 1. The van der Waals surface area contributed by atoms with E-state index in [0.717, 1.165) is 22.3 Å². The number of hydrogen-bond acceptors (Lipinski definition) is 3. The van der Waals surface area contributed by atoms with E-state index in [1.165, 1.54) is 0 Å². The fraction of sp³-hybridized carbons (Fsp3) is 0.300. The molecule has 3 rings (SSSR count). The summed E-state index contributed by atoms with van der Waals surface area (Å²) in [6, 6.07) is 14.1. The summed E-state index contributed by atoms with van der Waals surface area (Å²) in [4.78, 5) is 18.8. The zero-order valence-corrected chi connectivity index (χ0v) is 15.2. The van der Waals surface area contributed by atoms with Gasteiger partial charge in [-0.1, -0.05) is 12.1 Å². The lowest BCUT2D eigenvalue weighted by atomic mass is 10.1. The van der Waals surface area contributed by atoms with Crippen LogP contribution in [0.1, 0.15) is 35.8 Å². The fourth-order valence-electron chi connectivity index (χ4n) is 2.81. The van der Waals surface area contributed by atoms with Gasteiger partial charge in [0.05, 0.1) is 17.4 Å². The number of aromatic nitrogens is 2. The lowest BCUT2D eigenvalue weighted by Gasteiger charge is -2.13. The summed E-state index contributed by atoms with van der Waals surface area (Å²) in [5.41, 5.74) is 4.78. The van der Waals surface area contributed by atoms with Crippen LogP contribution in [0.3, 0.4) is 0 Å². The molecule has 1 N–H and O–H groups in total. The van der Waals surface area contributed by atoms with E-state index in [1.54, 1.807) is 0 Å². The number of fused-ring (bicyclic) bond motifs is 1. The highest BCUT2D eigenvalue weighted by Crippen LogP contribution is 2.19. The van der Waals surface area contributed by atoms with Crippen LogP contribution in [0.5, 0.6) is 0 Å². The summed E-state index contributed by atoms with van der Waals surface area (Å²) >= 11 is 0. The van der Waals surface area contributed by atoms with Gasteiger partial charge in [0.2, 0.25) is 0 Å². The molecule has 1 amide bonds. The maximum atomic E-state index is 12.4. The molecule has 5 heteroatoms. The second-order valence-corrected chi connectivity index (χ2v) is 6.70. The van der Waals surface area contributed by atoms with Gasteiger partial charge in [-0.05, 0) is 49.7 Å². The van der Waals surface area contributed by atoms with Crippen LogP contribution in [0.25, 0.3) is 11.0 Å². The first-order valence-electron chi connectivity index (χ1n) is 8.47. The molecular weight excluding hydrogens is 312 g/mol. The summed E-state index contributed by atoms with van der Waals surface area (Å²) in [5, 5.41) is 2.98. The number of anilines is 1. The van der Waals surface area contributed by atoms with Gasteiger partial charge < -0.3 is 14.8 Å². The van der Waals surface area contributed by atoms with E-state index in [2.05, 4.69) is 34.8 Å². The van der Waals surface area contributed by atoms with Crippen molar-refractivity contribution < 1.29 is 4.79 Å². The Hall–Kier alpha value is -2.82. The Morgan fingerprint density at radius 2 is 2.00 bits per heavy atom. The van der Waals surface area contributed by atoms with Crippen molar-refractivity contribution >= 4 is 22.6 Å². The minimum atomic E-state index is -0.0727. The number of carbonyl (C=O) groups excluding carboxylic acids is 1. The van der Waals surface area contributed by atoms with Crippen LogP contribution in [0.4, 0.5) is 5.69 Å². The van der Waals surface area contributed by atoms with Crippen LogP contribution < -0.4 is 10.2 Å². The first-order chi connectivity index (χ1) is 12.0. The Bertz CT molecular complexity index is 896. The third kappa shape index (κ3) is 3.65. The predicted molar refractivity (Wildman–Crippen MR) is 102 cm³/mol. The molecule has 0 fully saturated rings. The molecule has 130 valence electrons. The molecule has 5 nitrogen and oxygen atoms in total. The highest BCUT2D eigenvalue weighted by Gasteiger charge is 2.09. The summed E-state index contributed by atoms with van der Waals surface area (Å²) in [7, 11) is 3.92. The average molecular weight is 336 g/mol. The minimum Gasteiger partial charge on any atom is -0.378 e. The van der Waals surface area contributed by atoms with E-state index in [-0.39, 0.29) is 5.91 Å². The maximum absolute atomic E-state index is 12.4. The predicted octanol–water partition coefficient (Wildman–Crippen LogP) is 3.61. The molecule has 0 unspecified atom stereocenters. The van der Waals surface area contributed by atoms with Crippen molar-refractivity contribution in [1.82, 2.24) is 14.9 Å². The number of nitrogens with zero attached hydrogens (tertiary/aromatic N) is 3. The summed E-state index contributed by atoms with van der Waals surface area (Å²) in [5.74, 6) is -0.0727. The zero-order chi connectivity index (χ0) is 18.0. The second kappa shape index (κ2) is 6.97. The van der Waals surface area contributed by atoms with Gasteiger partial charge in [0.25, 0.3) is 5.91 Å². The van der Waals surface area contributed by atoms with E-state index in [9.17, 15) is 4.79 Å². The number of nitrogens with one attached hydrogen (secondary N) is 1. The van der Waals surface area contributed by atoms with E-state index in [1.807, 2.05) is 61.7 Å². The lowest BCUT2D eigenvalue weighted by Crippen LogP contribution is -2.23. The Kier molecular flexibility index (Phi) is 4.74. The van der Waals surface area contributed by atoms with E-state index in [4.69, 9.17) is 0 Å². The Labute approximate surface area is 148 Å². The molecule has 0 radical (unpaired) electrons. The second-order valence-electron chi connectivity index (χ2n) is 6.70. The van der Waals surface area contributed by atoms with Crippen molar-refractivity contribution in [2.45, 2.75) is 26.4 Å². The topological polar surface area (TPSA) is 50.2 Å². The molecule has 0 atom stereocenters. The minimum absolute atomic E-state index is 0.0727.